The number of carbonyl (C=O) groups excluding carboxylic acids is 1. The summed E-state index contributed by atoms with van der Waals surface area (Å²) in [5.74, 6) is 1.06. The molecule has 0 atom stereocenters. The molecule has 2 heterocycles. The summed E-state index contributed by atoms with van der Waals surface area (Å²) in [5.41, 5.74) is 2.17. The molecule has 0 bridgehead atoms. The van der Waals surface area contributed by atoms with Crippen LogP contribution in [0.5, 0.6) is 0 Å². The van der Waals surface area contributed by atoms with Gasteiger partial charge in [-0.2, -0.15) is 0 Å². The van der Waals surface area contributed by atoms with Gasteiger partial charge in [0.25, 0.3) is 5.91 Å². The van der Waals surface area contributed by atoms with E-state index in [-0.39, 0.29) is 5.91 Å². The van der Waals surface area contributed by atoms with Crippen LogP contribution >= 0.6 is 23.1 Å². The number of aromatic nitrogens is 1. The Kier molecular flexibility index (Phi) is 4.58. The van der Waals surface area contributed by atoms with E-state index in [9.17, 15) is 4.79 Å². The highest BCUT2D eigenvalue weighted by Gasteiger charge is 2.24. The summed E-state index contributed by atoms with van der Waals surface area (Å²) in [5, 5.41) is 3.63. The molecular formula is C18H18N2O2S2. The summed E-state index contributed by atoms with van der Waals surface area (Å²) in [6, 6.07) is 9.93. The highest BCUT2D eigenvalue weighted by atomic mass is 32.2. The van der Waals surface area contributed by atoms with Crippen molar-refractivity contribution in [3.63, 3.8) is 0 Å². The molecule has 2 aromatic rings. The summed E-state index contributed by atoms with van der Waals surface area (Å²) in [7, 11) is 0. The van der Waals surface area contributed by atoms with Crippen LogP contribution in [0.25, 0.3) is 4.91 Å². The minimum atomic E-state index is -0.202. The molecule has 0 saturated carbocycles. The Bertz CT molecular complexity index is 760. The summed E-state index contributed by atoms with van der Waals surface area (Å²) < 4.78 is 5.70. The molecule has 0 unspecified atom stereocenters. The van der Waals surface area contributed by atoms with Crippen molar-refractivity contribution in [2.45, 2.75) is 25.7 Å². The van der Waals surface area contributed by atoms with E-state index in [0.29, 0.717) is 17.5 Å². The number of nitrogens with one attached hydrogen (secondary N) is 1. The maximum absolute atomic E-state index is 12.7. The molecule has 6 heteroatoms. The SMILES string of the molecule is O=C(Nc1nc2c(s1)CCCC2)C1=C(c2ccccc2)SCCO1. The fourth-order valence-corrected chi connectivity index (χ4v) is 4.95. The van der Waals surface area contributed by atoms with Crippen molar-refractivity contribution < 1.29 is 9.53 Å². The van der Waals surface area contributed by atoms with E-state index in [2.05, 4.69) is 10.3 Å². The molecule has 4 rings (SSSR count). The molecule has 0 radical (unpaired) electrons. The molecule has 24 heavy (non-hydrogen) atoms. The number of hydrogen-bond acceptors (Lipinski definition) is 5. The molecule has 1 N–H and O–H groups in total. The quantitative estimate of drug-likeness (QED) is 0.898. The Hall–Kier alpha value is -1.79. The van der Waals surface area contributed by atoms with Gasteiger partial charge in [-0.3, -0.25) is 10.1 Å². The molecule has 1 aliphatic carbocycles. The summed E-state index contributed by atoms with van der Waals surface area (Å²) in [4.78, 5) is 19.5. The zero-order valence-corrected chi connectivity index (χ0v) is 14.8. The minimum absolute atomic E-state index is 0.202. The third-order valence-corrected chi connectivity index (χ3v) is 6.24. The van der Waals surface area contributed by atoms with Crippen LogP contribution in [0.15, 0.2) is 36.1 Å². The lowest BCUT2D eigenvalue weighted by atomic mass is 10.0. The van der Waals surface area contributed by atoms with Crippen molar-refractivity contribution in [1.29, 1.82) is 0 Å². The molecule has 124 valence electrons. The summed E-state index contributed by atoms with van der Waals surface area (Å²) in [6.45, 7) is 0.554. The van der Waals surface area contributed by atoms with Gasteiger partial charge in [0.2, 0.25) is 0 Å². The number of amides is 1. The first-order valence-corrected chi connectivity index (χ1v) is 9.97. The maximum Gasteiger partial charge on any atom is 0.293 e. The zero-order chi connectivity index (χ0) is 16.4. The van der Waals surface area contributed by atoms with Crippen molar-refractivity contribution in [1.82, 2.24) is 4.98 Å². The van der Waals surface area contributed by atoms with Crippen LogP contribution in [-0.2, 0) is 22.4 Å². The molecule has 0 fully saturated rings. The summed E-state index contributed by atoms with van der Waals surface area (Å²) in [6.07, 6.45) is 4.50. The van der Waals surface area contributed by atoms with Crippen molar-refractivity contribution in [2.75, 3.05) is 17.7 Å². The number of nitrogens with zero attached hydrogens (tertiary/aromatic N) is 1. The van der Waals surface area contributed by atoms with E-state index < -0.39 is 0 Å². The van der Waals surface area contributed by atoms with Gasteiger partial charge in [0.05, 0.1) is 17.2 Å². The molecule has 1 aliphatic heterocycles. The number of hydrogen-bond donors (Lipinski definition) is 1. The third kappa shape index (κ3) is 3.21. The van der Waals surface area contributed by atoms with Crippen molar-refractivity contribution >= 4 is 39.0 Å². The Morgan fingerprint density at radius 2 is 2.00 bits per heavy atom. The maximum atomic E-state index is 12.7. The van der Waals surface area contributed by atoms with Gasteiger partial charge in [0.1, 0.15) is 0 Å². The number of anilines is 1. The second-order valence-electron chi connectivity index (χ2n) is 5.77. The highest BCUT2D eigenvalue weighted by molar-refractivity contribution is 8.08. The van der Waals surface area contributed by atoms with Crippen LogP contribution in [0.1, 0.15) is 29.0 Å². The van der Waals surface area contributed by atoms with Gasteiger partial charge in [-0.1, -0.05) is 30.3 Å². The number of ether oxygens (including phenoxy) is 1. The van der Waals surface area contributed by atoms with Crippen molar-refractivity contribution in [2.24, 2.45) is 0 Å². The monoisotopic (exact) mass is 358 g/mol. The average molecular weight is 358 g/mol. The van der Waals surface area contributed by atoms with E-state index in [0.717, 1.165) is 34.8 Å². The fraction of sp³-hybridized carbons (Fsp3) is 0.333. The number of benzene rings is 1. The zero-order valence-electron chi connectivity index (χ0n) is 13.2. The van der Waals surface area contributed by atoms with Gasteiger partial charge in [0, 0.05) is 10.6 Å². The summed E-state index contributed by atoms with van der Waals surface area (Å²) >= 11 is 3.26. The van der Waals surface area contributed by atoms with Crippen molar-refractivity contribution in [3.05, 3.63) is 52.2 Å². The second-order valence-corrected chi connectivity index (χ2v) is 7.96. The van der Waals surface area contributed by atoms with Crippen LogP contribution < -0.4 is 5.32 Å². The van der Waals surface area contributed by atoms with Crippen LogP contribution in [0, 0.1) is 0 Å². The Balaban J connectivity index is 1.59. The predicted octanol–water partition coefficient (Wildman–Crippen LogP) is 4.09. The lowest BCUT2D eigenvalue weighted by Gasteiger charge is -2.20. The number of aryl methyl sites for hydroxylation is 2. The normalized spacial score (nSPS) is 17.2. The van der Waals surface area contributed by atoms with Gasteiger partial charge in [0.15, 0.2) is 10.9 Å². The molecule has 0 spiro atoms. The average Bonchev–Trinajstić information content (AvgIpc) is 3.04. The molecule has 4 nitrogen and oxygen atoms in total. The first kappa shape index (κ1) is 15.7. The number of thioether (sulfide) groups is 1. The first-order valence-electron chi connectivity index (χ1n) is 8.16. The van der Waals surface area contributed by atoms with E-state index in [1.54, 1.807) is 23.1 Å². The molecule has 0 saturated heterocycles. The predicted molar refractivity (Wildman–Crippen MR) is 99.2 cm³/mol. The van der Waals surface area contributed by atoms with Crippen LogP contribution in [0.3, 0.4) is 0 Å². The number of carbonyl (C=O) groups is 1. The van der Waals surface area contributed by atoms with Gasteiger partial charge in [-0.05, 0) is 31.2 Å². The van der Waals surface area contributed by atoms with Gasteiger partial charge < -0.3 is 4.74 Å². The van der Waals surface area contributed by atoms with E-state index >= 15 is 0 Å². The van der Waals surface area contributed by atoms with Gasteiger partial charge in [-0.25, -0.2) is 4.98 Å². The standard InChI is InChI=1S/C18H18N2O2S2/c21-17(20-18-19-13-8-4-5-9-14(13)24-18)15-16(23-11-10-22-15)12-6-2-1-3-7-12/h1-3,6-7H,4-5,8-11H2,(H,19,20,21). The lowest BCUT2D eigenvalue weighted by Crippen LogP contribution is -2.21. The minimum Gasteiger partial charge on any atom is -0.486 e. The van der Waals surface area contributed by atoms with Crippen LogP contribution in [0.2, 0.25) is 0 Å². The first-order chi connectivity index (χ1) is 11.8. The molecule has 1 aromatic heterocycles. The van der Waals surface area contributed by atoms with Gasteiger partial charge in [-0.15, -0.1) is 23.1 Å². The highest BCUT2D eigenvalue weighted by Crippen LogP contribution is 2.36. The Labute approximate surface area is 149 Å². The lowest BCUT2D eigenvalue weighted by molar-refractivity contribution is -0.115. The largest absolute Gasteiger partial charge is 0.486 e. The molecule has 1 aromatic carbocycles. The number of fused-ring (bicyclic) bond motifs is 1. The molecule has 2 aliphatic rings. The fourth-order valence-electron chi connectivity index (χ4n) is 2.95. The number of rotatable bonds is 3. The van der Waals surface area contributed by atoms with Crippen LogP contribution in [0.4, 0.5) is 5.13 Å². The molecular weight excluding hydrogens is 340 g/mol. The topological polar surface area (TPSA) is 51.2 Å². The second kappa shape index (κ2) is 6.99. The van der Waals surface area contributed by atoms with E-state index in [1.165, 1.54) is 17.7 Å². The smallest absolute Gasteiger partial charge is 0.293 e. The van der Waals surface area contributed by atoms with E-state index in [4.69, 9.17) is 4.74 Å². The van der Waals surface area contributed by atoms with Crippen LogP contribution in [-0.4, -0.2) is 23.3 Å². The van der Waals surface area contributed by atoms with E-state index in [1.807, 2.05) is 30.3 Å². The Morgan fingerprint density at radius 3 is 2.83 bits per heavy atom. The number of thiazole rings is 1. The van der Waals surface area contributed by atoms with Crippen molar-refractivity contribution in [3.8, 4) is 0 Å². The Morgan fingerprint density at radius 1 is 1.17 bits per heavy atom. The third-order valence-electron chi connectivity index (χ3n) is 4.09. The van der Waals surface area contributed by atoms with Gasteiger partial charge >= 0.3 is 0 Å². The molecule has 1 amide bonds.